The van der Waals surface area contributed by atoms with Crippen LogP contribution in [0.5, 0.6) is 0 Å². The van der Waals surface area contributed by atoms with Gasteiger partial charge in [-0.1, -0.05) is 35.9 Å². The summed E-state index contributed by atoms with van der Waals surface area (Å²) in [7, 11) is 0. The fraction of sp³-hybridized carbons (Fsp3) is 0.417. The zero-order valence-electron chi connectivity index (χ0n) is 18.1. The molecule has 0 spiro atoms. The third-order valence-electron chi connectivity index (χ3n) is 5.39. The molecule has 2 aromatic carbocycles. The molecular weight excluding hydrogens is 421 g/mol. The summed E-state index contributed by atoms with van der Waals surface area (Å²) in [6.07, 6.45) is 0.0165. The van der Waals surface area contributed by atoms with Crippen molar-refractivity contribution in [3.05, 3.63) is 58.9 Å². The van der Waals surface area contributed by atoms with Gasteiger partial charge in [-0.2, -0.15) is 0 Å². The number of imide groups is 1. The molecule has 0 aromatic heterocycles. The molecule has 2 unspecified atom stereocenters. The van der Waals surface area contributed by atoms with Gasteiger partial charge in [-0.05, 0) is 69.9 Å². The van der Waals surface area contributed by atoms with Gasteiger partial charge in [0.2, 0.25) is 5.91 Å². The number of hydrogen-bond acceptors (Lipinski definition) is 4. The highest BCUT2D eigenvalue weighted by atomic mass is 35.5. The first-order chi connectivity index (χ1) is 14.4. The van der Waals surface area contributed by atoms with Crippen LogP contribution in [0.1, 0.15) is 39.7 Å². The minimum atomic E-state index is -1.04. The number of aliphatic hydroxyl groups excluding tert-OH is 1. The number of nitrogens with zero attached hydrogens (tertiary/aromatic N) is 1. The SMILES string of the molecule is CC(C)(C)OC(=O)N1C(=O)C(C)(CO)CC1Cc1ccc(-c2cc(Cl)ccc2F)cc1. The minimum absolute atomic E-state index is 0.326. The number of carbonyl (C=O) groups is 2. The third kappa shape index (κ3) is 5.08. The Bertz CT molecular complexity index is 986. The largest absolute Gasteiger partial charge is 0.443 e. The van der Waals surface area contributed by atoms with Crippen LogP contribution in [0.25, 0.3) is 11.1 Å². The van der Waals surface area contributed by atoms with Crippen molar-refractivity contribution >= 4 is 23.6 Å². The van der Waals surface area contributed by atoms with E-state index in [-0.39, 0.29) is 12.4 Å². The van der Waals surface area contributed by atoms with Crippen LogP contribution in [0.4, 0.5) is 9.18 Å². The maximum atomic E-state index is 14.1. The van der Waals surface area contributed by atoms with Crippen molar-refractivity contribution in [3.8, 4) is 11.1 Å². The van der Waals surface area contributed by atoms with Crippen molar-refractivity contribution in [3.63, 3.8) is 0 Å². The first-order valence-electron chi connectivity index (χ1n) is 10.2. The molecule has 1 heterocycles. The fourth-order valence-corrected chi connectivity index (χ4v) is 3.98. The molecule has 1 fully saturated rings. The summed E-state index contributed by atoms with van der Waals surface area (Å²) in [5, 5.41) is 10.2. The molecule has 2 atom stereocenters. The van der Waals surface area contributed by atoms with E-state index < -0.39 is 29.1 Å². The number of amides is 2. The lowest BCUT2D eigenvalue weighted by Crippen LogP contribution is -2.45. The maximum absolute atomic E-state index is 14.1. The molecule has 1 N–H and O–H groups in total. The van der Waals surface area contributed by atoms with E-state index >= 15 is 0 Å². The fourth-order valence-electron chi connectivity index (χ4n) is 3.81. The number of aliphatic hydroxyl groups is 1. The Labute approximate surface area is 186 Å². The lowest BCUT2D eigenvalue weighted by atomic mass is 9.87. The maximum Gasteiger partial charge on any atom is 0.417 e. The minimum Gasteiger partial charge on any atom is -0.443 e. The van der Waals surface area contributed by atoms with Gasteiger partial charge in [0, 0.05) is 16.6 Å². The van der Waals surface area contributed by atoms with Crippen LogP contribution in [0.3, 0.4) is 0 Å². The molecule has 1 aliphatic rings. The Morgan fingerprint density at radius 2 is 1.90 bits per heavy atom. The standard InChI is InChI=1S/C24H27ClFNO4/c1-23(2,3)31-22(30)27-18(13-24(4,14-28)21(27)29)11-15-5-7-16(8-6-15)19-12-17(25)9-10-20(19)26/h5-10,12,18,28H,11,13-14H2,1-4H3. The smallest absolute Gasteiger partial charge is 0.417 e. The lowest BCUT2D eigenvalue weighted by Gasteiger charge is -2.27. The van der Waals surface area contributed by atoms with Gasteiger partial charge in [-0.25, -0.2) is 14.1 Å². The van der Waals surface area contributed by atoms with E-state index in [2.05, 4.69) is 0 Å². The summed E-state index contributed by atoms with van der Waals surface area (Å²) in [4.78, 5) is 26.8. The van der Waals surface area contributed by atoms with Crippen LogP contribution in [-0.2, 0) is 16.0 Å². The molecule has 0 saturated carbocycles. The number of benzene rings is 2. The number of halogens is 2. The van der Waals surface area contributed by atoms with E-state index in [4.69, 9.17) is 16.3 Å². The molecule has 166 valence electrons. The van der Waals surface area contributed by atoms with E-state index in [0.29, 0.717) is 29.0 Å². The first-order valence-corrected chi connectivity index (χ1v) is 10.5. The van der Waals surface area contributed by atoms with Crippen LogP contribution in [0.2, 0.25) is 5.02 Å². The summed E-state index contributed by atoms with van der Waals surface area (Å²) in [5.41, 5.74) is 0.169. The van der Waals surface area contributed by atoms with Crippen LogP contribution >= 0.6 is 11.6 Å². The molecule has 0 radical (unpaired) electrons. The second kappa shape index (κ2) is 8.60. The van der Waals surface area contributed by atoms with Gasteiger partial charge in [0.1, 0.15) is 11.4 Å². The Morgan fingerprint density at radius 1 is 1.26 bits per heavy atom. The second-order valence-corrected chi connectivity index (χ2v) is 9.69. The first kappa shape index (κ1) is 23.2. The predicted octanol–water partition coefficient (Wildman–Crippen LogP) is 5.22. The Kier molecular flexibility index (Phi) is 6.44. The number of carbonyl (C=O) groups excluding carboxylic acids is 2. The van der Waals surface area contributed by atoms with E-state index in [0.717, 1.165) is 10.5 Å². The predicted molar refractivity (Wildman–Crippen MR) is 117 cm³/mol. The van der Waals surface area contributed by atoms with E-state index in [1.807, 2.05) is 12.1 Å². The number of hydrogen-bond donors (Lipinski definition) is 1. The van der Waals surface area contributed by atoms with Crippen LogP contribution < -0.4 is 0 Å². The summed E-state index contributed by atoms with van der Waals surface area (Å²) in [6, 6.07) is 11.2. The molecule has 1 aliphatic heterocycles. The van der Waals surface area contributed by atoms with E-state index in [9.17, 15) is 19.1 Å². The van der Waals surface area contributed by atoms with Crippen LogP contribution in [-0.4, -0.2) is 40.3 Å². The Balaban J connectivity index is 1.84. The van der Waals surface area contributed by atoms with Gasteiger partial charge >= 0.3 is 6.09 Å². The van der Waals surface area contributed by atoms with Crippen molar-refractivity contribution in [1.82, 2.24) is 4.90 Å². The molecule has 7 heteroatoms. The zero-order chi connectivity index (χ0) is 23.0. The highest BCUT2D eigenvalue weighted by Gasteiger charge is 2.51. The molecule has 31 heavy (non-hydrogen) atoms. The molecule has 1 saturated heterocycles. The highest BCUT2D eigenvalue weighted by molar-refractivity contribution is 6.30. The zero-order valence-corrected chi connectivity index (χ0v) is 18.9. The monoisotopic (exact) mass is 447 g/mol. The molecule has 3 rings (SSSR count). The van der Waals surface area contributed by atoms with Crippen LogP contribution in [0.15, 0.2) is 42.5 Å². The van der Waals surface area contributed by atoms with E-state index in [1.54, 1.807) is 45.9 Å². The van der Waals surface area contributed by atoms with Crippen molar-refractivity contribution in [2.45, 2.75) is 52.2 Å². The van der Waals surface area contributed by atoms with Gasteiger partial charge in [0.25, 0.3) is 0 Å². The van der Waals surface area contributed by atoms with Gasteiger partial charge < -0.3 is 9.84 Å². The van der Waals surface area contributed by atoms with E-state index in [1.165, 1.54) is 12.1 Å². The average Bonchev–Trinajstić information content (AvgIpc) is 2.93. The molecular formula is C24H27ClFNO4. The molecule has 5 nitrogen and oxygen atoms in total. The quantitative estimate of drug-likeness (QED) is 0.697. The Morgan fingerprint density at radius 3 is 2.48 bits per heavy atom. The van der Waals surface area contributed by atoms with Crippen molar-refractivity contribution < 1.29 is 23.8 Å². The van der Waals surface area contributed by atoms with Gasteiger partial charge in [-0.3, -0.25) is 4.79 Å². The molecule has 2 amide bonds. The van der Waals surface area contributed by atoms with Crippen molar-refractivity contribution in [2.75, 3.05) is 6.61 Å². The lowest BCUT2D eigenvalue weighted by molar-refractivity contribution is -0.136. The van der Waals surface area contributed by atoms with Gasteiger partial charge in [-0.15, -0.1) is 0 Å². The number of rotatable bonds is 4. The van der Waals surface area contributed by atoms with Gasteiger partial charge in [0.15, 0.2) is 0 Å². The summed E-state index contributed by atoms with van der Waals surface area (Å²) < 4.78 is 19.6. The number of ether oxygens (including phenoxy) is 1. The number of likely N-dealkylation sites (tertiary alicyclic amines) is 1. The summed E-state index contributed by atoms with van der Waals surface area (Å²) in [5.74, 6) is -0.805. The van der Waals surface area contributed by atoms with Crippen LogP contribution in [0, 0.1) is 11.2 Å². The summed E-state index contributed by atoms with van der Waals surface area (Å²) >= 11 is 5.99. The summed E-state index contributed by atoms with van der Waals surface area (Å²) in [6.45, 7) is 6.50. The highest BCUT2D eigenvalue weighted by Crippen LogP contribution is 2.38. The van der Waals surface area contributed by atoms with Crippen molar-refractivity contribution in [1.29, 1.82) is 0 Å². The normalized spacial score (nSPS) is 21.5. The topological polar surface area (TPSA) is 66.8 Å². The molecule has 0 bridgehead atoms. The second-order valence-electron chi connectivity index (χ2n) is 9.26. The Hall–Kier alpha value is -2.44. The van der Waals surface area contributed by atoms with Gasteiger partial charge in [0.05, 0.1) is 12.0 Å². The average molecular weight is 448 g/mol. The third-order valence-corrected chi connectivity index (χ3v) is 5.63. The molecule has 2 aromatic rings. The van der Waals surface area contributed by atoms with Crippen molar-refractivity contribution in [2.24, 2.45) is 5.41 Å². The molecule has 0 aliphatic carbocycles.